The van der Waals surface area contributed by atoms with Gasteiger partial charge < -0.3 is 5.11 Å². The lowest BCUT2D eigenvalue weighted by Gasteiger charge is -2.03. The molecule has 0 radical (unpaired) electrons. The number of aryl methyl sites for hydroxylation is 1. The number of hydrogen-bond acceptors (Lipinski definition) is 5. The minimum atomic E-state index is 0.00879. The van der Waals surface area contributed by atoms with E-state index in [0.717, 1.165) is 32.9 Å². The summed E-state index contributed by atoms with van der Waals surface area (Å²) in [4.78, 5) is 10.3. The number of aliphatic hydroxyl groups excluding tert-OH is 1. The van der Waals surface area contributed by atoms with E-state index in [1.807, 2.05) is 24.3 Å². The molecule has 23 heavy (non-hydrogen) atoms. The van der Waals surface area contributed by atoms with Crippen LogP contribution in [-0.2, 0) is 6.61 Å². The van der Waals surface area contributed by atoms with Gasteiger partial charge in [0.1, 0.15) is 11.2 Å². The summed E-state index contributed by atoms with van der Waals surface area (Å²) in [6.07, 6.45) is 1.71. The SMILES string of the molecule is Cc1ccsc1-c1[nH]nc2ncc(-c3cccc(CO)c3)nc12. The fourth-order valence-electron chi connectivity index (χ4n) is 2.55. The molecule has 114 valence electrons. The van der Waals surface area contributed by atoms with Crippen LogP contribution in [0.2, 0.25) is 0 Å². The first-order valence-electron chi connectivity index (χ1n) is 7.22. The van der Waals surface area contributed by atoms with Crippen LogP contribution >= 0.6 is 11.3 Å². The number of aromatic nitrogens is 4. The molecule has 2 N–H and O–H groups in total. The van der Waals surface area contributed by atoms with Crippen molar-refractivity contribution in [2.75, 3.05) is 0 Å². The summed E-state index contributed by atoms with van der Waals surface area (Å²) >= 11 is 1.66. The molecule has 0 aliphatic heterocycles. The van der Waals surface area contributed by atoms with Crippen LogP contribution in [0.1, 0.15) is 11.1 Å². The third-order valence-corrected chi connectivity index (χ3v) is 4.79. The van der Waals surface area contributed by atoms with Crippen molar-refractivity contribution in [3.05, 3.63) is 53.0 Å². The minimum absolute atomic E-state index is 0.00879. The highest BCUT2D eigenvalue weighted by atomic mass is 32.1. The lowest BCUT2D eigenvalue weighted by molar-refractivity contribution is 0.282. The van der Waals surface area contributed by atoms with Crippen LogP contribution < -0.4 is 0 Å². The van der Waals surface area contributed by atoms with E-state index in [9.17, 15) is 5.11 Å². The van der Waals surface area contributed by atoms with Crippen LogP contribution in [0.4, 0.5) is 0 Å². The second kappa shape index (κ2) is 5.57. The molecule has 0 amide bonds. The first kappa shape index (κ1) is 14.0. The van der Waals surface area contributed by atoms with Crippen LogP contribution in [0, 0.1) is 6.92 Å². The molecule has 0 unspecified atom stereocenters. The van der Waals surface area contributed by atoms with Gasteiger partial charge in [-0.15, -0.1) is 11.3 Å². The van der Waals surface area contributed by atoms with Crippen molar-refractivity contribution >= 4 is 22.5 Å². The number of H-pyrrole nitrogens is 1. The number of rotatable bonds is 3. The molecule has 4 aromatic rings. The number of fused-ring (bicyclic) bond motifs is 1. The zero-order valence-corrected chi connectivity index (χ0v) is 13.3. The predicted octanol–water partition coefficient (Wildman–Crippen LogP) is 3.55. The monoisotopic (exact) mass is 322 g/mol. The molecule has 3 aromatic heterocycles. The molecule has 4 rings (SSSR count). The predicted molar refractivity (Wildman–Crippen MR) is 91.1 cm³/mol. The van der Waals surface area contributed by atoms with Crippen LogP contribution in [-0.4, -0.2) is 25.3 Å². The molecule has 0 atom stereocenters. The highest BCUT2D eigenvalue weighted by Crippen LogP contribution is 2.32. The molecule has 0 spiro atoms. The normalized spacial score (nSPS) is 11.2. The molecular weight excluding hydrogens is 308 g/mol. The molecule has 0 bridgehead atoms. The fraction of sp³-hybridized carbons (Fsp3) is 0.118. The number of aliphatic hydroxyl groups is 1. The fourth-order valence-corrected chi connectivity index (χ4v) is 3.47. The van der Waals surface area contributed by atoms with Crippen LogP contribution in [0.15, 0.2) is 41.9 Å². The Morgan fingerprint density at radius 3 is 2.96 bits per heavy atom. The van der Waals surface area contributed by atoms with Crippen molar-refractivity contribution in [2.24, 2.45) is 0 Å². The summed E-state index contributed by atoms with van der Waals surface area (Å²) in [5, 5.41) is 18.7. The maximum atomic E-state index is 9.30. The summed E-state index contributed by atoms with van der Waals surface area (Å²) in [6, 6.07) is 9.76. The Labute approximate surface area is 136 Å². The van der Waals surface area contributed by atoms with E-state index in [0.29, 0.717) is 5.65 Å². The first-order valence-corrected chi connectivity index (χ1v) is 8.10. The molecule has 1 aromatic carbocycles. The molecule has 0 fully saturated rings. The lowest BCUT2D eigenvalue weighted by Crippen LogP contribution is -1.90. The number of nitrogens with one attached hydrogen (secondary N) is 1. The van der Waals surface area contributed by atoms with Gasteiger partial charge in [-0.3, -0.25) is 5.10 Å². The average Bonchev–Trinajstić information content (AvgIpc) is 3.20. The van der Waals surface area contributed by atoms with Gasteiger partial charge in [-0.05, 0) is 35.6 Å². The Hall–Kier alpha value is -2.57. The third-order valence-electron chi connectivity index (χ3n) is 3.76. The van der Waals surface area contributed by atoms with Gasteiger partial charge in [0.05, 0.1) is 23.4 Å². The molecule has 0 aliphatic carbocycles. The van der Waals surface area contributed by atoms with E-state index in [1.54, 1.807) is 17.5 Å². The summed E-state index contributed by atoms with van der Waals surface area (Å²) < 4.78 is 0. The van der Waals surface area contributed by atoms with Gasteiger partial charge in [-0.25, -0.2) is 9.97 Å². The minimum Gasteiger partial charge on any atom is -0.392 e. The largest absolute Gasteiger partial charge is 0.392 e. The number of benzene rings is 1. The van der Waals surface area contributed by atoms with Gasteiger partial charge in [-0.1, -0.05) is 18.2 Å². The van der Waals surface area contributed by atoms with E-state index < -0.39 is 0 Å². The number of thiophene rings is 1. The van der Waals surface area contributed by atoms with Crippen molar-refractivity contribution in [3.63, 3.8) is 0 Å². The van der Waals surface area contributed by atoms with Gasteiger partial charge in [-0.2, -0.15) is 5.10 Å². The number of aromatic amines is 1. The van der Waals surface area contributed by atoms with E-state index in [-0.39, 0.29) is 6.61 Å². The maximum Gasteiger partial charge on any atom is 0.200 e. The topological polar surface area (TPSA) is 74.7 Å². The Balaban J connectivity index is 1.88. The van der Waals surface area contributed by atoms with Gasteiger partial charge in [0.15, 0.2) is 5.65 Å². The summed E-state index contributed by atoms with van der Waals surface area (Å²) in [5.41, 5.74) is 6.02. The second-order valence-electron chi connectivity index (χ2n) is 5.32. The molecule has 5 nitrogen and oxygen atoms in total. The molecule has 6 heteroatoms. The average molecular weight is 322 g/mol. The van der Waals surface area contributed by atoms with Gasteiger partial charge in [0.25, 0.3) is 0 Å². The molecule has 0 saturated heterocycles. The zero-order chi connectivity index (χ0) is 15.8. The third kappa shape index (κ3) is 2.42. The van der Waals surface area contributed by atoms with E-state index >= 15 is 0 Å². The molecular formula is C17H14N4OS. The highest BCUT2D eigenvalue weighted by Gasteiger charge is 2.14. The highest BCUT2D eigenvalue weighted by molar-refractivity contribution is 7.13. The van der Waals surface area contributed by atoms with E-state index in [2.05, 4.69) is 33.6 Å². The number of nitrogens with zero attached hydrogens (tertiary/aromatic N) is 3. The Bertz CT molecular complexity index is 989. The Morgan fingerprint density at radius 1 is 1.26 bits per heavy atom. The van der Waals surface area contributed by atoms with Gasteiger partial charge >= 0.3 is 0 Å². The Morgan fingerprint density at radius 2 is 2.17 bits per heavy atom. The van der Waals surface area contributed by atoms with Gasteiger partial charge in [0, 0.05) is 5.56 Å². The quantitative estimate of drug-likeness (QED) is 0.605. The molecule has 0 saturated carbocycles. The van der Waals surface area contributed by atoms with Crippen molar-refractivity contribution in [1.82, 2.24) is 20.2 Å². The van der Waals surface area contributed by atoms with Crippen LogP contribution in [0.3, 0.4) is 0 Å². The Kier molecular flexibility index (Phi) is 3.40. The summed E-state index contributed by atoms with van der Waals surface area (Å²) in [5.74, 6) is 0. The summed E-state index contributed by atoms with van der Waals surface area (Å²) in [6.45, 7) is 2.08. The lowest BCUT2D eigenvalue weighted by atomic mass is 10.1. The maximum absolute atomic E-state index is 9.30. The zero-order valence-electron chi connectivity index (χ0n) is 12.4. The van der Waals surface area contributed by atoms with Crippen molar-refractivity contribution in [3.8, 4) is 21.8 Å². The summed E-state index contributed by atoms with van der Waals surface area (Å²) in [7, 11) is 0. The van der Waals surface area contributed by atoms with E-state index in [4.69, 9.17) is 4.98 Å². The van der Waals surface area contributed by atoms with Crippen molar-refractivity contribution in [2.45, 2.75) is 13.5 Å². The van der Waals surface area contributed by atoms with Crippen LogP contribution in [0.5, 0.6) is 0 Å². The van der Waals surface area contributed by atoms with E-state index in [1.165, 1.54) is 5.56 Å². The smallest absolute Gasteiger partial charge is 0.200 e. The standard InChI is InChI=1S/C17H14N4OS/c1-10-5-6-23-16(10)14-15-17(21-20-14)18-8-13(19-15)12-4-2-3-11(7-12)9-22/h2-8,22H,9H2,1H3,(H,18,20,21). The van der Waals surface area contributed by atoms with Crippen molar-refractivity contribution in [1.29, 1.82) is 0 Å². The molecule has 3 heterocycles. The number of hydrogen-bond donors (Lipinski definition) is 2. The van der Waals surface area contributed by atoms with Crippen LogP contribution in [0.25, 0.3) is 33.0 Å². The van der Waals surface area contributed by atoms with Gasteiger partial charge in [0.2, 0.25) is 0 Å². The molecule has 0 aliphatic rings. The van der Waals surface area contributed by atoms with Crippen molar-refractivity contribution < 1.29 is 5.11 Å². The second-order valence-corrected chi connectivity index (χ2v) is 6.23. The first-order chi connectivity index (χ1) is 11.3.